The number of carbonyl (C=O) groups is 3. The number of aromatic nitrogens is 2. The second kappa shape index (κ2) is 18.6. The molecule has 3 saturated carbocycles. The monoisotopic (exact) mass is 908 g/mol. The third-order valence-electron chi connectivity index (χ3n) is 14.2. The lowest BCUT2D eigenvalue weighted by Gasteiger charge is -2.31. The molecule has 64 heavy (non-hydrogen) atoms. The maximum absolute atomic E-state index is 15.0. The van der Waals surface area contributed by atoms with Crippen LogP contribution in [0.2, 0.25) is 0 Å². The van der Waals surface area contributed by atoms with E-state index in [4.69, 9.17) is 19.4 Å². The number of rotatable bonds is 12. The predicted molar refractivity (Wildman–Crippen MR) is 249 cm³/mol. The number of carbonyl (C=O) groups excluding carboxylic acids is 3. The molecule has 1 saturated heterocycles. The van der Waals surface area contributed by atoms with Crippen LogP contribution in [0, 0.1) is 23.7 Å². The Morgan fingerprint density at radius 3 is 2.64 bits per heavy atom. The summed E-state index contributed by atoms with van der Waals surface area (Å²) in [5.74, 6) is 1.45. The second-order valence-corrected chi connectivity index (χ2v) is 22.5. The first kappa shape index (κ1) is 44.4. The molecule has 4 heterocycles. The Morgan fingerprint density at radius 1 is 1.03 bits per heavy atom. The van der Waals surface area contributed by atoms with Gasteiger partial charge in [0.15, 0.2) is 5.13 Å². The normalized spacial score (nSPS) is 29.5. The van der Waals surface area contributed by atoms with Crippen molar-refractivity contribution in [3.63, 3.8) is 0 Å². The molecule has 5 aliphatic rings. The Balaban J connectivity index is 1.04. The highest BCUT2D eigenvalue weighted by atomic mass is 32.1. The number of hydrogen-bond acceptors (Lipinski definition) is 10. The number of anilines is 1. The fourth-order valence-electron chi connectivity index (χ4n) is 10.8. The van der Waals surface area contributed by atoms with Gasteiger partial charge in [-0.15, -0.1) is 11.3 Å². The van der Waals surface area contributed by atoms with Crippen LogP contribution in [0.15, 0.2) is 72.1 Å². The standard InChI is InChI=1S/C49H61N6O7PS/c1-30(2)50-48-53-42(29-64-48)41-25-44(38-19-18-36(61-3)23-40(38)51-41)62-37-24-43-46(57)54-49(63(59,60)28-31-12-8-7-9-13-31)26-35(49)14-10-5-4-6-11-15-39(47(58)55(43)27-37)52-45(56)22-34-21-32-16-17-33(34)20-32/h7-10,12-14,18-19,23,25,29-30,32-35,37,39,43H,4-6,11,15-17,20-22,24,26-28H2,1-3H3,(H,50,53)(H,52,56)(H,54,57)(H,59,60)/b14-10-/t32?,33?,34?,35-,37-,39+,43+,49+/m1/s1. The van der Waals surface area contributed by atoms with E-state index in [2.05, 4.69) is 35.9 Å². The number of allylic oxidation sites excluding steroid dienone is 1. The first-order chi connectivity index (χ1) is 30.9. The van der Waals surface area contributed by atoms with Crippen LogP contribution < -0.4 is 25.4 Å². The number of amides is 3. The Hall–Kier alpha value is -4.78. The molecule has 2 aromatic heterocycles. The molecule has 2 aliphatic heterocycles. The third-order valence-corrected chi connectivity index (χ3v) is 17.6. The average molecular weight is 909 g/mol. The van der Waals surface area contributed by atoms with Crippen molar-refractivity contribution in [2.75, 3.05) is 19.0 Å². The summed E-state index contributed by atoms with van der Waals surface area (Å²) in [5.41, 5.74) is 2.60. The summed E-state index contributed by atoms with van der Waals surface area (Å²) in [6, 6.07) is 14.9. The smallest absolute Gasteiger partial charge is 0.245 e. The van der Waals surface area contributed by atoms with Crippen LogP contribution in [0.4, 0.5) is 5.13 Å². The van der Waals surface area contributed by atoms with Gasteiger partial charge in [-0.3, -0.25) is 18.9 Å². The second-order valence-electron chi connectivity index (χ2n) is 19.1. The van der Waals surface area contributed by atoms with Gasteiger partial charge in [0.2, 0.25) is 25.1 Å². The van der Waals surface area contributed by atoms with Crippen molar-refractivity contribution < 1.29 is 33.3 Å². The Bertz CT molecular complexity index is 2450. The maximum atomic E-state index is 15.0. The first-order valence-electron chi connectivity index (χ1n) is 23.2. The molecular formula is C49H61N6O7PS. The summed E-state index contributed by atoms with van der Waals surface area (Å²) in [6.07, 6.45) is 12.5. The Kier molecular flexibility index (Phi) is 12.9. The van der Waals surface area contributed by atoms with E-state index in [1.54, 1.807) is 12.0 Å². The van der Waals surface area contributed by atoms with Gasteiger partial charge in [-0.2, -0.15) is 0 Å². The van der Waals surface area contributed by atoms with Crippen molar-refractivity contribution in [2.24, 2.45) is 23.7 Å². The van der Waals surface area contributed by atoms with Gasteiger partial charge in [-0.05, 0) is 94.2 Å². The molecule has 4 N–H and O–H groups in total. The van der Waals surface area contributed by atoms with Crippen molar-refractivity contribution in [1.29, 1.82) is 0 Å². The summed E-state index contributed by atoms with van der Waals surface area (Å²) in [6.45, 7) is 4.18. The van der Waals surface area contributed by atoms with Gasteiger partial charge in [0.25, 0.3) is 0 Å². The zero-order valence-corrected chi connectivity index (χ0v) is 38.8. The minimum Gasteiger partial charge on any atom is -0.497 e. The van der Waals surface area contributed by atoms with E-state index < -0.39 is 36.7 Å². The van der Waals surface area contributed by atoms with Crippen LogP contribution in [-0.4, -0.2) is 80.6 Å². The molecule has 3 amide bonds. The van der Waals surface area contributed by atoms with E-state index >= 15 is 4.79 Å². The van der Waals surface area contributed by atoms with Crippen molar-refractivity contribution in [2.45, 2.75) is 127 Å². The average Bonchev–Trinajstić information content (AvgIpc) is 3.80. The molecule has 2 bridgehead atoms. The van der Waals surface area contributed by atoms with E-state index in [1.807, 2.05) is 66.1 Å². The molecule has 2 aromatic carbocycles. The molecule has 9 rings (SSSR count). The van der Waals surface area contributed by atoms with E-state index in [9.17, 15) is 19.0 Å². The zero-order chi connectivity index (χ0) is 44.6. The fraction of sp³-hybridized carbons (Fsp3) is 0.531. The van der Waals surface area contributed by atoms with Gasteiger partial charge in [0, 0.05) is 47.7 Å². The van der Waals surface area contributed by atoms with Crippen molar-refractivity contribution in [3.8, 4) is 22.9 Å². The van der Waals surface area contributed by atoms with Gasteiger partial charge in [0.05, 0.1) is 31.0 Å². The number of methoxy groups -OCH3 is 1. The van der Waals surface area contributed by atoms with E-state index in [-0.39, 0.29) is 42.9 Å². The predicted octanol–water partition coefficient (Wildman–Crippen LogP) is 8.67. The molecular weight excluding hydrogens is 848 g/mol. The fourth-order valence-corrected chi connectivity index (χ4v) is 14.0. The van der Waals surface area contributed by atoms with E-state index in [0.717, 1.165) is 42.6 Å². The van der Waals surface area contributed by atoms with Gasteiger partial charge in [-0.25, -0.2) is 9.97 Å². The lowest BCUT2D eigenvalue weighted by atomic mass is 9.86. The summed E-state index contributed by atoms with van der Waals surface area (Å²) in [4.78, 5) is 67.0. The van der Waals surface area contributed by atoms with Gasteiger partial charge in [-0.1, -0.05) is 61.7 Å². The number of nitrogens with zero attached hydrogens (tertiary/aromatic N) is 3. The van der Waals surface area contributed by atoms with Gasteiger partial charge < -0.3 is 35.2 Å². The maximum Gasteiger partial charge on any atom is 0.245 e. The lowest BCUT2D eigenvalue weighted by Crippen LogP contribution is -2.55. The van der Waals surface area contributed by atoms with Crippen LogP contribution >= 0.6 is 18.7 Å². The molecule has 4 aromatic rings. The largest absolute Gasteiger partial charge is 0.497 e. The minimum atomic E-state index is -4.05. The number of nitrogens with one attached hydrogen (secondary N) is 3. The van der Waals surface area contributed by atoms with Crippen LogP contribution in [0.3, 0.4) is 0 Å². The molecule has 0 spiro atoms. The van der Waals surface area contributed by atoms with E-state index in [1.165, 1.54) is 30.6 Å². The van der Waals surface area contributed by atoms with Crippen LogP contribution in [0.5, 0.6) is 11.5 Å². The van der Waals surface area contributed by atoms with Crippen LogP contribution in [0.1, 0.15) is 96.5 Å². The number of benzene rings is 2. The quantitative estimate of drug-likeness (QED) is 0.0797. The summed E-state index contributed by atoms with van der Waals surface area (Å²) in [7, 11) is -2.45. The highest BCUT2D eigenvalue weighted by molar-refractivity contribution is 7.59. The van der Waals surface area contributed by atoms with Crippen LogP contribution in [-0.2, 0) is 25.1 Å². The number of ether oxygens (including phenoxy) is 2. The SMILES string of the molecule is COc1ccc2c(O[C@@H]3C[C@H]4C(=O)N[C@]5(P(=O)(O)Cc6ccccc6)C[C@H]5/C=C\CCCCC[C@H](NC(=O)CC5CC6CCC5C6)C(=O)N4C3)cc(-c3csc(NC(C)C)n3)nc2c1. The lowest BCUT2D eigenvalue weighted by molar-refractivity contribution is -0.142. The van der Waals surface area contributed by atoms with Gasteiger partial charge >= 0.3 is 0 Å². The highest BCUT2D eigenvalue weighted by Gasteiger charge is 2.66. The first-order valence-corrected chi connectivity index (χ1v) is 25.9. The molecule has 9 atom stereocenters. The number of hydrogen-bond donors (Lipinski definition) is 4. The van der Waals surface area contributed by atoms with Crippen molar-refractivity contribution in [1.82, 2.24) is 25.5 Å². The Labute approximate surface area is 379 Å². The summed E-state index contributed by atoms with van der Waals surface area (Å²) in [5, 5.41) is 11.7. The molecule has 340 valence electrons. The molecule has 4 unspecified atom stereocenters. The van der Waals surface area contributed by atoms with Gasteiger partial charge in [0.1, 0.15) is 40.7 Å². The summed E-state index contributed by atoms with van der Waals surface area (Å²) >= 11 is 1.49. The van der Waals surface area contributed by atoms with Crippen LogP contribution in [0.25, 0.3) is 22.3 Å². The van der Waals surface area contributed by atoms with Crippen molar-refractivity contribution >= 4 is 52.5 Å². The summed E-state index contributed by atoms with van der Waals surface area (Å²) < 4.78 is 27.0. The highest BCUT2D eigenvalue weighted by Crippen LogP contribution is 2.71. The molecule has 4 fully saturated rings. The number of pyridine rings is 1. The molecule has 3 aliphatic carbocycles. The number of thiazole rings is 1. The Morgan fingerprint density at radius 2 is 1.88 bits per heavy atom. The number of fused-ring (bicyclic) bond motifs is 5. The topological polar surface area (TPSA) is 172 Å². The van der Waals surface area contributed by atoms with E-state index in [0.29, 0.717) is 71.0 Å². The molecule has 15 heteroatoms. The third kappa shape index (κ3) is 9.47. The minimum absolute atomic E-state index is 0.0707. The zero-order valence-electron chi connectivity index (χ0n) is 37.0. The molecule has 13 nitrogen and oxygen atoms in total. The van der Waals surface area contributed by atoms with Crippen molar-refractivity contribution in [3.05, 3.63) is 77.7 Å². The molecule has 0 radical (unpaired) electrons.